The number of anilines is 2. The van der Waals surface area contributed by atoms with E-state index in [1.165, 1.54) is 30.2 Å². The average molecular weight is 710 g/mol. The zero-order valence-corrected chi connectivity index (χ0v) is 29.7. The molecule has 0 aliphatic carbocycles. The maximum absolute atomic E-state index is 13.7. The van der Waals surface area contributed by atoms with Crippen molar-refractivity contribution in [1.82, 2.24) is 9.47 Å². The summed E-state index contributed by atoms with van der Waals surface area (Å²) in [5, 5.41) is 12.7. The van der Waals surface area contributed by atoms with Gasteiger partial charge in [0.15, 0.2) is 0 Å². The number of fused-ring (bicyclic) bond motifs is 1. The second-order valence-electron chi connectivity index (χ2n) is 11.9. The van der Waals surface area contributed by atoms with Crippen LogP contribution in [-0.2, 0) is 16.0 Å². The van der Waals surface area contributed by atoms with Gasteiger partial charge >= 0.3 is 6.18 Å². The van der Waals surface area contributed by atoms with Crippen molar-refractivity contribution in [2.45, 2.75) is 69.8 Å². The van der Waals surface area contributed by atoms with E-state index in [2.05, 4.69) is 47.8 Å². The quantitative estimate of drug-likeness (QED) is 0.0905. The molecule has 1 fully saturated rings. The van der Waals surface area contributed by atoms with E-state index >= 15 is 0 Å². The molecule has 14 heteroatoms. The third kappa shape index (κ3) is 12.4. The summed E-state index contributed by atoms with van der Waals surface area (Å²) >= 11 is 0. The van der Waals surface area contributed by atoms with E-state index in [9.17, 15) is 22.3 Å². The summed E-state index contributed by atoms with van der Waals surface area (Å²) in [6, 6.07) is 11.6. The zero-order valence-electron chi connectivity index (χ0n) is 28.9. The predicted octanol–water partition coefficient (Wildman–Crippen LogP) is 7.52. The number of hydrogen-bond donors (Lipinski definition) is 5. The minimum atomic E-state index is -4.44. The lowest BCUT2D eigenvalue weighted by atomic mass is 10.0. The van der Waals surface area contributed by atoms with E-state index in [0.717, 1.165) is 38.2 Å². The van der Waals surface area contributed by atoms with Gasteiger partial charge < -0.3 is 29.4 Å². The van der Waals surface area contributed by atoms with Crippen molar-refractivity contribution in [1.29, 1.82) is 0 Å². The summed E-state index contributed by atoms with van der Waals surface area (Å²) in [4.78, 5) is 2.43. The fourth-order valence-corrected chi connectivity index (χ4v) is 6.05. The van der Waals surface area contributed by atoms with Gasteiger partial charge in [-0.1, -0.05) is 38.8 Å². The van der Waals surface area contributed by atoms with Crippen LogP contribution >= 0.6 is 10.8 Å². The maximum atomic E-state index is 13.7. The number of benzene rings is 2. The average Bonchev–Trinajstić information content (AvgIpc) is 3.36. The third-order valence-electron chi connectivity index (χ3n) is 7.52. The van der Waals surface area contributed by atoms with Gasteiger partial charge in [-0.15, -0.1) is 10.8 Å². The van der Waals surface area contributed by atoms with Crippen molar-refractivity contribution in [2.75, 3.05) is 57.6 Å². The number of allylic oxidation sites excluding steroid dienone is 1. The van der Waals surface area contributed by atoms with Crippen LogP contribution < -0.4 is 20.5 Å². The van der Waals surface area contributed by atoms with Gasteiger partial charge in [0, 0.05) is 49.9 Å². The second kappa shape index (κ2) is 18.4. The number of nitrogens with zero attached hydrogens (tertiary/aromatic N) is 2. The van der Waals surface area contributed by atoms with Crippen molar-refractivity contribution in [3.63, 3.8) is 0 Å². The standard InChI is InChI=1S/C32H42F3N5O5S.C3H8/c1-22(2)45-25(20-43-3)19-39-15-12-23(13-16-39)38-28-8-5-9-30-27(28)17-24(40(30)21-32(33,34)35)7-6-14-37-29-11-10-26(46(36,41)42)18-31(29)44-4;1-3-2/h5,8-11,17-18,23,25,37-38,41-42H,1,12-16,19-21,36H2,2-4H3;3H2,1-2H3. The monoisotopic (exact) mass is 709 g/mol. The Bertz CT molecular complexity index is 1570. The molecule has 2 heterocycles. The molecule has 0 saturated carbocycles. The number of hydrogen-bond acceptors (Lipinski definition) is 9. The molecule has 49 heavy (non-hydrogen) atoms. The first-order valence-electron chi connectivity index (χ1n) is 16.1. The Kier molecular flexibility index (Phi) is 15.0. The van der Waals surface area contributed by atoms with Crippen LogP contribution in [0.1, 0.15) is 45.7 Å². The van der Waals surface area contributed by atoms with E-state index in [1.807, 2.05) is 13.0 Å². The smallest absolute Gasteiger partial charge is 0.406 e. The molecular formula is C35H50F3N5O5S. The molecule has 10 nitrogen and oxygen atoms in total. The normalized spacial score (nSPS) is 15.0. The number of ether oxygens (including phenoxy) is 3. The van der Waals surface area contributed by atoms with Crippen LogP contribution in [0.2, 0.25) is 0 Å². The first-order chi connectivity index (χ1) is 23.2. The van der Waals surface area contributed by atoms with Crippen LogP contribution in [0.5, 0.6) is 5.75 Å². The number of methoxy groups -OCH3 is 2. The summed E-state index contributed by atoms with van der Waals surface area (Å²) < 4.78 is 78.0. The molecule has 1 aromatic heterocycles. The van der Waals surface area contributed by atoms with Gasteiger partial charge in [0.1, 0.15) is 18.4 Å². The highest BCUT2D eigenvalue weighted by atomic mass is 32.3. The van der Waals surface area contributed by atoms with E-state index in [-0.39, 0.29) is 29.3 Å². The molecule has 272 valence electrons. The lowest BCUT2D eigenvalue weighted by Gasteiger charge is -2.35. The van der Waals surface area contributed by atoms with Gasteiger partial charge in [0.05, 0.1) is 47.8 Å². The van der Waals surface area contributed by atoms with Crippen molar-refractivity contribution >= 4 is 33.1 Å². The highest BCUT2D eigenvalue weighted by Crippen LogP contribution is 2.43. The van der Waals surface area contributed by atoms with E-state index in [1.54, 1.807) is 31.4 Å². The van der Waals surface area contributed by atoms with Gasteiger partial charge in [0.25, 0.3) is 0 Å². The van der Waals surface area contributed by atoms with Crippen LogP contribution in [0.3, 0.4) is 0 Å². The van der Waals surface area contributed by atoms with E-state index in [4.69, 9.17) is 19.3 Å². The van der Waals surface area contributed by atoms with E-state index < -0.39 is 23.5 Å². The Labute approximate surface area is 289 Å². The summed E-state index contributed by atoms with van der Waals surface area (Å²) in [6.45, 7) is 11.7. The van der Waals surface area contributed by atoms with Crippen LogP contribution in [0, 0.1) is 11.8 Å². The minimum Gasteiger partial charge on any atom is -0.495 e. The fourth-order valence-electron chi connectivity index (χ4n) is 5.50. The number of piperidine rings is 1. The zero-order chi connectivity index (χ0) is 36.2. The van der Waals surface area contributed by atoms with Crippen LogP contribution in [0.4, 0.5) is 24.5 Å². The molecule has 3 aromatic rings. The first-order valence-corrected chi connectivity index (χ1v) is 17.8. The molecule has 0 amide bonds. The highest BCUT2D eigenvalue weighted by molar-refractivity contribution is 8.22. The van der Waals surface area contributed by atoms with Gasteiger partial charge in [-0.05, 0) is 56.0 Å². The number of aromatic nitrogens is 1. The molecule has 0 bridgehead atoms. The van der Waals surface area contributed by atoms with Gasteiger partial charge in [-0.3, -0.25) is 14.0 Å². The van der Waals surface area contributed by atoms with Gasteiger partial charge in [0.2, 0.25) is 0 Å². The number of halogens is 3. The van der Waals surface area contributed by atoms with Gasteiger partial charge in [-0.25, -0.2) is 5.14 Å². The molecule has 2 aromatic carbocycles. The molecule has 1 atom stereocenters. The molecule has 6 N–H and O–H groups in total. The second-order valence-corrected chi connectivity index (χ2v) is 13.6. The maximum Gasteiger partial charge on any atom is 0.406 e. The molecular weight excluding hydrogens is 659 g/mol. The van der Waals surface area contributed by atoms with Crippen molar-refractivity contribution in [3.8, 4) is 17.6 Å². The summed E-state index contributed by atoms with van der Waals surface area (Å²) in [5.74, 6) is 6.76. The van der Waals surface area contributed by atoms with Gasteiger partial charge in [-0.2, -0.15) is 13.2 Å². The molecule has 4 rings (SSSR count). The largest absolute Gasteiger partial charge is 0.495 e. The Hall–Kier alpha value is -3.58. The number of nitrogens with one attached hydrogen (secondary N) is 2. The lowest BCUT2D eigenvalue weighted by Crippen LogP contribution is -2.44. The molecule has 0 spiro atoms. The summed E-state index contributed by atoms with van der Waals surface area (Å²) in [6.07, 6.45) is -1.58. The van der Waals surface area contributed by atoms with Crippen molar-refractivity contribution < 1.29 is 36.5 Å². The minimum absolute atomic E-state index is 0.0917. The predicted molar refractivity (Wildman–Crippen MR) is 192 cm³/mol. The molecule has 1 aliphatic rings. The number of nitrogens with two attached hydrogens (primary N) is 1. The summed E-state index contributed by atoms with van der Waals surface area (Å²) in [5.41, 5.74) is 1.94. The lowest BCUT2D eigenvalue weighted by molar-refractivity contribution is -0.140. The van der Waals surface area contributed by atoms with Crippen LogP contribution in [0.25, 0.3) is 10.9 Å². The highest BCUT2D eigenvalue weighted by Gasteiger charge is 2.30. The molecule has 1 unspecified atom stereocenters. The van der Waals surface area contributed by atoms with Crippen LogP contribution in [0.15, 0.2) is 59.7 Å². The fraction of sp³-hybridized carbons (Fsp3) is 0.486. The molecule has 1 aliphatic heterocycles. The Balaban J connectivity index is 0.00000209. The molecule has 1 saturated heterocycles. The topological polar surface area (TPSA) is 126 Å². The Morgan fingerprint density at radius 2 is 1.82 bits per heavy atom. The SMILES string of the molecule is C=C(C)OC(COC)CN1CCC(Nc2cccc3c2cc(C#CCNc2ccc(S(N)(O)O)cc2OC)n3CC(F)(F)F)CC1.CCC. The van der Waals surface area contributed by atoms with Crippen molar-refractivity contribution in [3.05, 3.63) is 60.5 Å². The first kappa shape index (κ1) is 39.9. The van der Waals surface area contributed by atoms with Crippen molar-refractivity contribution in [2.24, 2.45) is 5.14 Å². The number of rotatable bonds is 13. The summed E-state index contributed by atoms with van der Waals surface area (Å²) in [7, 11) is -0.362. The number of alkyl halides is 3. The van der Waals surface area contributed by atoms with Crippen LogP contribution in [-0.4, -0.2) is 83.9 Å². The van der Waals surface area contributed by atoms with E-state index in [0.29, 0.717) is 34.7 Å². The third-order valence-corrected chi connectivity index (χ3v) is 8.46. The number of likely N-dealkylation sites (tertiary alicyclic amines) is 1. The molecule has 0 radical (unpaired) electrons. The Morgan fingerprint density at radius 3 is 2.41 bits per heavy atom. The Morgan fingerprint density at radius 1 is 1.12 bits per heavy atom.